The van der Waals surface area contributed by atoms with Crippen LogP contribution in [0.15, 0.2) is 0 Å². The van der Waals surface area contributed by atoms with Crippen molar-refractivity contribution < 1.29 is 47.6 Å². The van der Waals surface area contributed by atoms with E-state index in [1.807, 2.05) is 0 Å². The van der Waals surface area contributed by atoms with Crippen molar-refractivity contribution in [3.05, 3.63) is 0 Å². The fourth-order valence-electron chi connectivity index (χ4n) is 7.13. The van der Waals surface area contributed by atoms with Crippen LogP contribution >= 0.6 is 0 Å². The van der Waals surface area contributed by atoms with Crippen molar-refractivity contribution >= 4 is 30.0 Å². The van der Waals surface area contributed by atoms with E-state index >= 15 is 0 Å². The molecule has 0 aliphatic carbocycles. The van der Waals surface area contributed by atoms with E-state index < -0.39 is 0 Å². The van der Waals surface area contributed by atoms with Gasteiger partial charge in [0.05, 0.1) is 26.4 Å². The van der Waals surface area contributed by atoms with Crippen LogP contribution < -0.4 is 16.0 Å². The fraction of sp³-hybridized carbons (Fsp3) is 0.907. The van der Waals surface area contributed by atoms with Crippen LogP contribution in [-0.4, -0.2) is 76.1 Å². The van der Waals surface area contributed by atoms with Gasteiger partial charge in [-0.25, -0.2) is 9.59 Å². The van der Waals surface area contributed by atoms with Crippen LogP contribution in [0.5, 0.6) is 0 Å². The van der Waals surface area contributed by atoms with Gasteiger partial charge in [-0.2, -0.15) is 0 Å². The first-order valence-corrected chi connectivity index (χ1v) is 27.7. The summed E-state index contributed by atoms with van der Waals surface area (Å²) in [5.74, 6) is 0.127. The average molecular weight is 960 g/mol. The van der Waals surface area contributed by atoms with Crippen molar-refractivity contribution in [3.8, 4) is 0 Å². The van der Waals surface area contributed by atoms with E-state index in [0.717, 1.165) is 129 Å². The van der Waals surface area contributed by atoms with Crippen molar-refractivity contribution in [2.45, 2.75) is 272 Å². The summed E-state index contributed by atoms with van der Waals surface area (Å²) in [7, 11) is 0. The standard InChI is InChI=1S/C33H64N2O5.C21H41NO4.FH/c1-3-5-29-39-32(37)26-22-18-14-10-8-11-15-19-23-27-34-31(36)25-21-17-13-9-7-12-16-20-24-28-35-33(38)40-30-6-4-2;1-3-5-18-25-20(23)16-14-12-10-8-7-9-11-13-15-17-22-21(24)26-19-6-4-2;/h3-30H2,1-2H3,(H,34,36)(H,35,38);3-19H2,1-2H3,(H,22,24);1H. The highest BCUT2D eigenvalue weighted by atomic mass is 19.0. The van der Waals surface area contributed by atoms with E-state index in [2.05, 4.69) is 43.6 Å². The number of amides is 3. The molecule has 3 amide bonds. The van der Waals surface area contributed by atoms with E-state index in [9.17, 15) is 24.0 Å². The van der Waals surface area contributed by atoms with E-state index in [4.69, 9.17) is 18.9 Å². The minimum Gasteiger partial charge on any atom is -0.466 e. The molecule has 3 N–H and O–H groups in total. The van der Waals surface area contributed by atoms with Crippen molar-refractivity contribution in [2.75, 3.05) is 46.1 Å². The first-order valence-electron chi connectivity index (χ1n) is 27.7. The second kappa shape index (κ2) is 59.0. The van der Waals surface area contributed by atoms with Gasteiger partial charge in [0.25, 0.3) is 0 Å². The van der Waals surface area contributed by atoms with Crippen molar-refractivity contribution in [2.24, 2.45) is 0 Å². The number of ether oxygens (including phenoxy) is 4. The molecule has 0 saturated carbocycles. The predicted molar refractivity (Wildman–Crippen MR) is 274 cm³/mol. The highest BCUT2D eigenvalue weighted by molar-refractivity contribution is 5.75. The molecular weight excluding hydrogens is 854 g/mol. The lowest BCUT2D eigenvalue weighted by Gasteiger charge is -2.07. The van der Waals surface area contributed by atoms with Crippen LogP contribution in [0, 0.1) is 0 Å². The highest BCUT2D eigenvalue weighted by Crippen LogP contribution is 2.14. The number of esters is 2. The molecule has 398 valence electrons. The zero-order chi connectivity index (χ0) is 48.7. The lowest BCUT2D eigenvalue weighted by molar-refractivity contribution is -0.144. The summed E-state index contributed by atoms with van der Waals surface area (Å²) < 4.78 is 20.4. The first kappa shape index (κ1) is 68.1. The lowest BCUT2D eigenvalue weighted by Crippen LogP contribution is -2.25. The summed E-state index contributed by atoms with van der Waals surface area (Å²) in [4.78, 5) is 57.7. The van der Waals surface area contributed by atoms with Crippen LogP contribution in [0.4, 0.5) is 14.3 Å². The quantitative estimate of drug-likeness (QED) is 0.0307. The Bertz CT molecular complexity index is 1010. The molecule has 0 spiro atoms. The number of unbranched alkanes of at least 4 members (excludes halogenated alkanes) is 28. The number of nitrogens with one attached hydrogen (secondary N) is 3. The Balaban J connectivity index is -0.00000131. The monoisotopic (exact) mass is 960 g/mol. The number of rotatable bonds is 48. The maximum atomic E-state index is 12.0. The Labute approximate surface area is 410 Å². The Morgan fingerprint density at radius 3 is 0.821 bits per heavy atom. The van der Waals surface area contributed by atoms with Crippen LogP contribution in [0.3, 0.4) is 0 Å². The minimum atomic E-state index is -0.285. The van der Waals surface area contributed by atoms with Crippen molar-refractivity contribution in [1.29, 1.82) is 0 Å². The summed E-state index contributed by atoms with van der Waals surface area (Å²) in [6.45, 7) is 12.7. The van der Waals surface area contributed by atoms with Gasteiger partial charge in [0.1, 0.15) is 0 Å². The molecule has 0 bridgehead atoms. The lowest BCUT2D eigenvalue weighted by atomic mass is 10.1. The van der Waals surface area contributed by atoms with Gasteiger partial charge in [0.15, 0.2) is 0 Å². The third kappa shape index (κ3) is 60.9. The third-order valence-corrected chi connectivity index (χ3v) is 11.5. The molecule has 0 radical (unpaired) electrons. The predicted octanol–water partition coefficient (Wildman–Crippen LogP) is 14.7. The van der Waals surface area contributed by atoms with Crippen LogP contribution in [0.25, 0.3) is 0 Å². The smallest absolute Gasteiger partial charge is 0.407 e. The van der Waals surface area contributed by atoms with E-state index in [-0.39, 0.29) is 34.7 Å². The fourth-order valence-corrected chi connectivity index (χ4v) is 7.13. The Kier molecular flexibility index (Phi) is 60.0. The number of hydrogen-bond acceptors (Lipinski definition) is 9. The molecular formula is C54H106FN3O9. The number of alkyl carbamates (subject to hydrolysis) is 2. The molecule has 0 atom stereocenters. The van der Waals surface area contributed by atoms with Crippen LogP contribution in [0.1, 0.15) is 272 Å². The molecule has 0 aromatic heterocycles. The molecule has 0 aliphatic heterocycles. The Hall–Kier alpha value is -3.12. The van der Waals surface area contributed by atoms with Crippen LogP contribution in [0.2, 0.25) is 0 Å². The zero-order valence-electron chi connectivity index (χ0n) is 43.9. The van der Waals surface area contributed by atoms with Gasteiger partial charge < -0.3 is 34.9 Å². The molecule has 0 aliphatic rings. The van der Waals surface area contributed by atoms with Crippen molar-refractivity contribution in [3.63, 3.8) is 0 Å². The average Bonchev–Trinajstić information content (AvgIpc) is 3.30. The van der Waals surface area contributed by atoms with Gasteiger partial charge in [-0.1, -0.05) is 188 Å². The molecule has 0 rings (SSSR count). The number of carbonyl (C=O) groups excluding carboxylic acids is 5. The maximum absolute atomic E-state index is 12.0. The van der Waals surface area contributed by atoms with Crippen molar-refractivity contribution in [1.82, 2.24) is 16.0 Å². The summed E-state index contributed by atoms with van der Waals surface area (Å²) in [5.41, 5.74) is 0. The molecule has 67 heavy (non-hydrogen) atoms. The molecule has 0 aromatic rings. The summed E-state index contributed by atoms with van der Waals surface area (Å²) in [6, 6.07) is 0. The topological polar surface area (TPSA) is 158 Å². The Morgan fingerprint density at radius 2 is 0.522 bits per heavy atom. The van der Waals surface area contributed by atoms with Gasteiger partial charge in [-0.15, -0.1) is 0 Å². The van der Waals surface area contributed by atoms with Gasteiger partial charge >= 0.3 is 24.1 Å². The van der Waals surface area contributed by atoms with E-state index in [1.165, 1.54) is 103 Å². The molecule has 0 unspecified atom stereocenters. The van der Waals surface area contributed by atoms with E-state index in [0.29, 0.717) is 58.8 Å². The first-order chi connectivity index (χ1) is 32.3. The maximum Gasteiger partial charge on any atom is 0.407 e. The van der Waals surface area contributed by atoms with Gasteiger partial charge in [0.2, 0.25) is 5.91 Å². The molecule has 13 heteroatoms. The number of hydrogen-bond donors (Lipinski definition) is 3. The van der Waals surface area contributed by atoms with E-state index in [1.54, 1.807) is 0 Å². The third-order valence-electron chi connectivity index (χ3n) is 11.5. The molecule has 0 aromatic carbocycles. The minimum absolute atomic E-state index is 0. The SMILES string of the molecule is CCCCOC(=O)CCCCCCCCCCCNC(=O)CCCCCCCCCCCNC(=O)OCCCC.CCCCOC(=O)CCCCCCCCCCCNC(=O)OCCCC.F. The number of halogens is 1. The van der Waals surface area contributed by atoms with Gasteiger partial charge in [0, 0.05) is 38.9 Å². The second-order valence-electron chi connectivity index (χ2n) is 18.1. The molecule has 0 fully saturated rings. The summed E-state index contributed by atoms with van der Waals surface area (Å²) in [6.07, 6.45) is 40.6. The van der Waals surface area contributed by atoms with Crippen LogP contribution in [-0.2, 0) is 33.3 Å². The van der Waals surface area contributed by atoms with Gasteiger partial charge in [-0.05, 0) is 64.2 Å². The number of carbonyl (C=O) groups is 5. The summed E-state index contributed by atoms with van der Waals surface area (Å²) in [5, 5.41) is 8.68. The second-order valence-corrected chi connectivity index (χ2v) is 18.1. The molecule has 12 nitrogen and oxygen atoms in total. The zero-order valence-corrected chi connectivity index (χ0v) is 43.9. The summed E-state index contributed by atoms with van der Waals surface area (Å²) >= 11 is 0. The molecule has 0 heterocycles. The molecule has 0 saturated heterocycles. The Morgan fingerprint density at radius 1 is 0.284 bits per heavy atom. The highest BCUT2D eigenvalue weighted by Gasteiger charge is 2.05. The van der Waals surface area contributed by atoms with Gasteiger partial charge in [-0.3, -0.25) is 19.1 Å². The normalized spacial score (nSPS) is 10.6. The largest absolute Gasteiger partial charge is 0.466 e.